The number of piperazine rings is 1. The van der Waals surface area contributed by atoms with Gasteiger partial charge in [0.2, 0.25) is 5.91 Å². The zero-order valence-corrected chi connectivity index (χ0v) is 18.4. The number of halogens is 2. The molecule has 0 saturated carbocycles. The first-order valence-corrected chi connectivity index (χ1v) is 10.6. The second-order valence-corrected chi connectivity index (χ2v) is 8.28. The van der Waals surface area contributed by atoms with Crippen LogP contribution in [-0.2, 0) is 4.79 Å². The highest BCUT2D eigenvalue weighted by Crippen LogP contribution is 2.15. The number of benzene rings is 2. The molecule has 1 unspecified atom stereocenters. The van der Waals surface area contributed by atoms with Crippen LogP contribution in [-0.4, -0.2) is 59.7 Å². The van der Waals surface area contributed by atoms with Crippen LogP contribution in [0.2, 0.25) is 0 Å². The average molecular weight is 443 g/mol. The quantitative estimate of drug-likeness (QED) is 0.773. The fourth-order valence-electron chi connectivity index (χ4n) is 3.57. The van der Waals surface area contributed by atoms with Gasteiger partial charge in [-0.25, -0.2) is 8.78 Å². The lowest BCUT2D eigenvalue weighted by atomic mass is 10.0. The zero-order valence-electron chi connectivity index (χ0n) is 18.4. The van der Waals surface area contributed by atoms with E-state index in [1.165, 1.54) is 30.3 Å². The number of aryl methyl sites for hydroxylation is 1. The Bertz CT molecular complexity index is 1000. The first kappa shape index (κ1) is 23.4. The summed E-state index contributed by atoms with van der Waals surface area (Å²) >= 11 is 0. The summed E-state index contributed by atoms with van der Waals surface area (Å²) in [5.74, 6) is -2.00. The maximum absolute atomic E-state index is 13.8. The van der Waals surface area contributed by atoms with Crippen molar-refractivity contribution in [3.05, 3.63) is 70.8 Å². The molecule has 3 rings (SSSR count). The lowest BCUT2D eigenvalue weighted by Gasteiger charge is -2.37. The molecule has 6 nitrogen and oxygen atoms in total. The van der Waals surface area contributed by atoms with Crippen molar-refractivity contribution in [2.24, 2.45) is 5.92 Å². The molecule has 1 aliphatic heterocycles. The summed E-state index contributed by atoms with van der Waals surface area (Å²) in [5, 5.41) is 2.75. The van der Waals surface area contributed by atoms with Gasteiger partial charge in [0.15, 0.2) is 0 Å². The first-order valence-electron chi connectivity index (χ1n) is 10.6. The molecule has 0 bridgehead atoms. The molecular weight excluding hydrogens is 416 g/mol. The van der Waals surface area contributed by atoms with Crippen molar-refractivity contribution < 1.29 is 23.2 Å². The lowest BCUT2D eigenvalue weighted by molar-refractivity contribution is -0.135. The summed E-state index contributed by atoms with van der Waals surface area (Å²) in [6.07, 6.45) is 0. The van der Waals surface area contributed by atoms with E-state index < -0.39 is 23.6 Å². The fraction of sp³-hybridized carbons (Fsp3) is 0.375. The third-order valence-corrected chi connectivity index (χ3v) is 5.62. The minimum absolute atomic E-state index is 0.165. The predicted octanol–water partition coefficient (Wildman–Crippen LogP) is 3.01. The van der Waals surface area contributed by atoms with Crippen molar-refractivity contribution in [3.8, 4) is 0 Å². The van der Waals surface area contributed by atoms with E-state index in [9.17, 15) is 23.2 Å². The summed E-state index contributed by atoms with van der Waals surface area (Å²) in [4.78, 5) is 41.5. The van der Waals surface area contributed by atoms with E-state index in [0.29, 0.717) is 31.7 Å². The van der Waals surface area contributed by atoms with Crippen LogP contribution in [0.3, 0.4) is 0 Å². The van der Waals surface area contributed by atoms with Gasteiger partial charge in [0, 0.05) is 37.3 Å². The summed E-state index contributed by atoms with van der Waals surface area (Å²) < 4.78 is 26.9. The van der Waals surface area contributed by atoms with Crippen LogP contribution < -0.4 is 5.32 Å². The van der Waals surface area contributed by atoms with Gasteiger partial charge in [-0.15, -0.1) is 0 Å². The molecule has 2 aromatic rings. The molecule has 32 heavy (non-hydrogen) atoms. The number of carbonyl (C=O) groups excluding carboxylic acids is 3. The number of carbonyl (C=O) groups is 3. The van der Waals surface area contributed by atoms with Crippen LogP contribution in [0.4, 0.5) is 8.78 Å². The van der Waals surface area contributed by atoms with Gasteiger partial charge in [0.1, 0.15) is 17.7 Å². The molecule has 3 amide bonds. The van der Waals surface area contributed by atoms with Crippen molar-refractivity contribution in [2.45, 2.75) is 26.8 Å². The fourth-order valence-corrected chi connectivity index (χ4v) is 3.57. The van der Waals surface area contributed by atoms with Crippen molar-refractivity contribution in [3.63, 3.8) is 0 Å². The SMILES string of the molecule is Cc1ccc(C(=O)N2CCN(C(=O)C(NC(=O)c3ccc(F)cc3)C(C)C)CC2)cc1F. The Morgan fingerprint density at radius 1 is 0.875 bits per heavy atom. The number of hydrogen-bond donors (Lipinski definition) is 1. The van der Waals surface area contributed by atoms with Crippen LogP contribution in [0, 0.1) is 24.5 Å². The number of rotatable bonds is 5. The maximum Gasteiger partial charge on any atom is 0.254 e. The van der Waals surface area contributed by atoms with Gasteiger partial charge in [-0.05, 0) is 54.8 Å². The molecule has 1 N–H and O–H groups in total. The molecule has 1 fully saturated rings. The Morgan fingerprint density at radius 2 is 1.44 bits per heavy atom. The largest absolute Gasteiger partial charge is 0.340 e. The summed E-state index contributed by atoms with van der Waals surface area (Å²) in [5.41, 5.74) is 1.02. The van der Waals surface area contributed by atoms with E-state index in [-0.39, 0.29) is 28.9 Å². The standard InChI is InChI=1S/C24H27F2N3O3/c1-15(2)21(27-22(30)17-6-8-19(25)9-7-17)24(32)29-12-10-28(11-13-29)23(31)18-5-4-16(3)20(26)14-18/h4-9,14-15,21H,10-13H2,1-3H3,(H,27,30). The monoisotopic (exact) mass is 443 g/mol. The van der Waals surface area contributed by atoms with Gasteiger partial charge in [0.05, 0.1) is 0 Å². The Kier molecular flexibility index (Phi) is 7.22. The third kappa shape index (κ3) is 5.30. The highest BCUT2D eigenvalue weighted by molar-refractivity contribution is 5.98. The molecule has 0 radical (unpaired) electrons. The summed E-state index contributed by atoms with van der Waals surface area (Å²) in [6.45, 7) is 6.56. The van der Waals surface area contributed by atoms with Crippen LogP contribution in [0.25, 0.3) is 0 Å². The maximum atomic E-state index is 13.8. The molecule has 1 aliphatic rings. The second-order valence-electron chi connectivity index (χ2n) is 8.28. The predicted molar refractivity (Wildman–Crippen MR) is 116 cm³/mol. The van der Waals surface area contributed by atoms with E-state index in [0.717, 1.165) is 0 Å². The van der Waals surface area contributed by atoms with E-state index in [1.807, 2.05) is 13.8 Å². The molecule has 1 heterocycles. The molecule has 2 aromatic carbocycles. The van der Waals surface area contributed by atoms with Gasteiger partial charge >= 0.3 is 0 Å². The van der Waals surface area contributed by atoms with Crippen LogP contribution >= 0.6 is 0 Å². The molecule has 1 saturated heterocycles. The van der Waals surface area contributed by atoms with Crippen LogP contribution in [0.15, 0.2) is 42.5 Å². The van der Waals surface area contributed by atoms with E-state index in [2.05, 4.69) is 5.32 Å². The lowest BCUT2D eigenvalue weighted by Crippen LogP contribution is -2.57. The van der Waals surface area contributed by atoms with Crippen LogP contribution in [0.5, 0.6) is 0 Å². The molecule has 8 heteroatoms. The van der Waals surface area contributed by atoms with Gasteiger partial charge in [-0.2, -0.15) is 0 Å². The molecule has 0 aromatic heterocycles. The third-order valence-electron chi connectivity index (χ3n) is 5.62. The number of nitrogens with zero attached hydrogens (tertiary/aromatic N) is 2. The van der Waals surface area contributed by atoms with E-state index in [4.69, 9.17) is 0 Å². The van der Waals surface area contributed by atoms with Gasteiger partial charge in [0.25, 0.3) is 11.8 Å². The van der Waals surface area contributed by atoms with Gasteiger partial charge < -0.3 is 15.1 Å². The normalized spacial score (nSPS) is 14.9. The van der Waals surface area contributed by atoms with Gasteiger partial charge in [-0.3, -0.25) is 14.4 Å². The Labute approximate surface area is 186 Å². The molecule has 1 atom stereocenters. The van der Waals surface area contributed by atoms with Gasteiger partial charge in [-0.1, -0.05) is 19.9 Å². The number of hydrogen-bond acceptors (Lipinski definition) is 3. The summed E-state index contributed by atoms with van der Waals surface area (Å²) in [7, 11) is 0. The Balaban J connectivity index is 1.61. The molecular formula is C24H27F2N3O3. The average Bonchev–Trinajstić information content (AvgIpc) is 2.78. The zero-order chi connectivity index (χ0) is 23.4. The highest BCUT2D eigenvalue weighted by atomic mass is 19.1. The molecule has 0 spiro atoms. The Hall–Kier alpha value is -3.29. The highest BCUT2D eigenvalue weighted by Gasteiger charge is 2.32. The van der Waals surface area contributed by atoms with E-state index in [1.54, 1.807) is 28.9 Å². The van der Waals surface area contributed by atoms with E-state index >= 15 is 0 Å². The van der Waals surface area contributed by atoms with Crippen molar-refractivity contribution in [1.82, 2.24) is 15.1 Å². The Morgan fingerprint density at radius 3 is 2.00 bits per heavy atom. The van der Waals surface area contributed by atoms with Crippen molar-refractivity contribution >= 4 is 17.7 Å². The molecule has 0 aliphatic carbocycles. The minimum Gasteiger partial charge on any atom is -0.340 e. The minimum atomic E-state index is -0.749. The molecule has 170 valence electrons. The summed E-state index contributed by atoms with van der Waals surface area (Å²) in [6, 6.07) is 8.76. The first-order chi connectivity index (χ1) is 15.2. The second kappa shape index (κ2) is 9.89. The van der Waals surface area contributed by atoms with Crippen LogP contribution in [0.1, 0.15) is 40.1 Å². The number of amides is 3. The smallest absolute Gasteiger partial charge is 0.254 e. The number of nitrogens with one attached hydrogen (secondary N) is 1. The van der Waals surface area contributed by atoms with Crippen molar-refractivity contribution in [1.29, 1.82) is 0 Å². The topological polar surface area (TPSA) is 69.7 Å². The van der Waals surface area contributed by atoms with Crippen molar-refractivity contribution in [2.75, 3.05) is 26.2 Å².